The van der Waals surface area contributed by atoms with Gasteiger partial charge >= 0.3 is 0 Å². The Bertz CT molecular complexity index is 921. The van der Waals surface area contributed by atoms with Crippen LogP contribution in [-0.4, -0.2) is 69.7 Å². The van der Waals surface area contributed by atoms with E-state index in [0.717, 1.165) is 64.1 Å². The van der Waals surface area contributed by atoms with E-state index in [9.17, 15) is 4.79 Å². The Morgan fingerprint density at radius 3 is 2.41 bits per heavy atom. The number of hydrogen-bond acceptors (Lipinski definition) is 8. The van der Waals surface area contributed by atoms with Gasteiger partial charge in [0.25, 0.3) is 0 Å². The largest absolute Gasteiger partial charge is 0.399 e. The van der Waals surface area contributed by atoms with E-state index < -0.39 is 0 Å². The van der Waals surface area contributed by atoms with Crippen LogP contribution in [0, 0.1) is 11.8 Å². The number of oxime groups is 1. The summed E-state index contributed by atoms with van der Waals surface area (Å²) in [5, 5.41) is 4.20. The van der Waals surface area contributed by atoms with Crippen LogP contribution in [0.4, 0.5) is 5.82 Å². The second-order valence-electron chi connectivity index (χ2n) is 8.47. The van der Waals surface area contributed by atoms with Crippen LogP contribution in [0.3, 0.4) is 0 Å². The number of carbonyl (C=O) groups is 1. The number of aromatic nitrogens is 3. The lowest BCUT2D eigenvalue weighted by Crippen LogP contribution is -2.46. The fourth-order valence-electron chi connectivity index (χ4n) is 4.65. The van der Waals surface area contributed by atoms with E-state index in [-0.39, 0.29) is 17.7 Å². The van der Waals surface area contributed by atoms with Gasteiger partial charge in [-0.05, 0) is 62.5 Å². The molecule has 0 saturated carbocycles. The zero-order valence-corrected chi connectivity index (χ0v) is 18.6. The Labute approximate surface area is 188 Å². The van der Waals surface area contributed by atoms with Crippen LogP contribution < -0.4 is 5.73 Å². The summed E-state index contributed by atoms with van der Waals surface area (Å²) in [5.74, 6) is 1.74. The minimum absolute atomic E-state index is 0.106. The van der Waals surface area contributed by atoms with Crippen molar-refractivity contribution < 1.29 is 9.63 Å². The minimum Gasteiger partial charge on any atom is -0.399 e. The Kier molecular flexibility index (Phi) is 7.26. The number of nitrogen functional groups attached to an aromatic ring is 1. The van der Waals surface area contributed by atoms with Gasteiger partial charge in [0.05, 0.1) is 0 Å². The number of nitrogens with two attached hydrogens (primary N) is 1. The lowest BCUT2D eigenvalue weighted by Gasteiger charge is -2.37. The first kappa shape index (κ1) is 22.1. The molecule has 0 radical (unpaired) electrons. The highest BCUT2D eigenvalue weighted by atomic mass is 16.6. The van der Waals surface area contributed by atoms with Gasteiger partial charge in [-0.15, -0.1) is 0 Å². The molecule has 0 unspecified atom stereocenters. The van der Waals surface area contributed by atoms with E-state index in [0.29, 0.717) is 11.6 Å². The molecule has 2 fully saturated rings. The second-order valence-corrected chi connectivity index (χ2v) is 8.47. The SMILES string of the molecule is CON=C(c1ncccn1)C1CCN(C(=O)C2CCN(Cc3ccnc(N)c3)CC2)CC1. The normalized spacial score (nSPS) is 19.2. The molecule has 4 rings (SSSR count). The number of carbonyl (C=O) groups excluding carboxylic acids is 1. The topological polar surface area (TPSA) is 110 Å². The van der Waals surface area contributed by atoms with Crippen LogP contribution >= 0.6 is 0 Å². The molecule has 9 nitrogen and oxygen atoms in total. The van der Waals surface area contributed by atoms with Gasteiger partial charge in [0, 0.05) is 50.1 Å². The first-order valence-electron chi connectivity index (χ1n) is 11.2. The molecule has 1 amide bonds. The van der Waals surface area contributed by atoms with E-state index in [4.69, 9.17) is 10.6 Å². The van der Waals surface area contributed by atoms with Crippen molar-refractivity contribution in [2.45, 2.75) is 32.2 Å². The molecule has 0 bridgehead atoms. The average Bonchev–Trinajstić information content (AvgIpc) is 2.83. The summed E-state index contributed by atoms with van der Waals surface area (Å²) in [6, 6.07) is 5.70. The first-order chi connectivity index (χ1) is 15.6. The Morgan fingerprint density at radius 1 is 1.06 bits per heavy atom. The molecule has 2 saturated heterocycles. The predicted molar refractivity (Wildman–Crippen MR) is 122 cm³/mol. The van der Waals surface area contributed by atoms with Crippen LogP contribution in [0.25, 0.3) is 0 Å². The summed E-state index contributed by atoms with van der Waals surface area (Å²) in [7, 11) is 1.54. The van der Waals surface area contributed by atoms with Crippen molar-refractivity contribution >= 4 is 17.4 Å². The number of anilines is 1. The fourth-order valence-corrected chi connectivity index (χ4v) is 4.65. The highest BCUT2D eigenvalue weighted by Crippen LogP contribution is 2.26. The Morgan fingerprint density at radius 2 is 1.75 bits per heavy atom. The number of rotatable bonds is 6. The number of likely N-dealkylation sites (tertiary alicyclic amines) is 2. The molecule has 32 heavy (non-hydrogen) atoms. The molecule has 0 spiro atoms. The smallest absolute Gasteiger partial charge is 0.225 e. The van der Waals surface area contributed by atoms with Crippen molar-refractivity contribution in [3.05, 3.63) is 48.2 Å². The van der Waals surface area contributed by atoms with E-state index in [2.05, 4.69) is 25.0 Å². The fraction of sp³-hybridized carbons (Fsp3) is 0.522. The number of hydrogen-bond donors (Lipinski definition) is 1. The summed E-state index contributed by atoms with van der Waals surface area (Å²) in [6.07, 6.45) is 8.64. The predicted octanol–water partition coefficient (Wildman–Crippen LogP) is 1.96. The van der Waals surface area contributed by atoms with Gasteiger partial charge in [0.1, 0.15) is 18.6 Å². The number of piperidine rings is 2. The van der Waals surface area contributed by atoms with Crippen molar-refractivity contribution in [1.82, 2.24) is 24.8 Å². The number of amides is 1. The molecule has 9 heteroatoms. The van der Waals surface area contributed by atoms with Crippen molar-refractivity contribution in [3.63, 3.8) is 0 Å². The quantitative estimate of drug-likeness (QED) is 0.543. The van der Waals surface area contributed by atoms with Gasteiger partial charge in [0.15, 0.2) is 5.82 Å². The third-order valence-electron chi connectivity index (χ3n) is 6.37. The van der Waals surface area contributed by atoms with Gasteiger partial charge in [-0.2, -0.15) is 0 Å². The van der Waals surface area contributed by atoms with Crippen LogP contribution in [-0.2, 0) is 16.2 Å². The summed E-state index contributed by atoms with van der Waals surface area (Å²) in [6.45, 7) is 4.16. The van der Waals surface area contributed by atoms with Crippen LogP contribution in [0.1, 0.15) is 37.1 Å². The van der Waals surface area contributed by atoms with Gasteiger partial charge in [-0.3, -0.25) is 9.69 Å². The summed E-state index contributed by atoms with van der Waals surface area (Å²) in [4.78, 5) is 35.3. The maximum atomic E-state index is 13.1. The molecule has 2 aromatic heterocycles. The van der Waals surface area contributed by atoms with Gasteiger partial charge in [-0.25, -0.2) is 15.0 Å². The number of pyridine rings is 1. The third kappa shape index (κ3) is 5.40. The van der Waals surface area contributed by atoms with Gasteiger partial charge < -0.3 is 15.5 Å². The second kappa shape index (κ2) is 10.5. The maximum Gasteiger partial charge on any atom is 0.225 e. The molecule has 0 aromatic carbocycles. The minimum atomic E-state index is 0.106. The van der Waals surface area contributed by atoms with Gasteiger partial charge in [0.2, 0.25) is 5.91 Å². The summed E-state index contributed by atoms with van der Waals surface area (Å²) in [5.41, 5.74) is 7.72. The first-order valence-corrected chi connectivity index (χ1v) is 11.2. The van der Waals surface area contributed by atoms with Crippen molar-refractivity contribution in [2.24, 2.45) is 17.0 Å². The summed E-state index contributed by atoms with van der Waals surface area (Å²) >= 11 is 0. The van der Waals surface area contributed by atoms with Crippen molar-refractivity contribution in [1.29, 1.82) is 0 Å². The van der Waals surface area contributed by atoms with Crippen LogP contribution in [0.5, 0.6) is 0 Å². The molecule has 0 aliphatic carbocycles. The van der Waals surface area contributed by atoms with E-state index in [1.807, 2.05) is 17.0 Å². The molecular weight excluding hydrogens is 406 g/mol. The Hall–Kier alpha value is -3.07. The Balaban J connectivity index is 1.27. The van der Waals surface area contributed by atoms with Crippen molar-refractivity contribution in [2.75, 3.05) is 39.0 Å². The molecule has 4 heterocycles. The molecule has 2 aromatic rings. The van der Waals surface area contributed by atoms with E-state index in [1.54, 1.807) is 24.7 Å². The standard InChI is InChI=1S/C23H31N7O2/c1-32-28-21(22-26-8-2-9-27-22)18-6-13-30(14-7-18)23(31)19-4-11-29(12-5-19)16-17-3-10-25-20(24)15-17/h2-3,8-10,15,18-19H,4-7,11-14,16H2,1H3,(H2,24,25). The lowest BCUT2D eigenvalue weighted by molar-refractivity contribution is -0.138. The number of nitrogens with zero attached hydrogens (tertiary/aromatic N) is 6. The molecule has 170 valence electrons. The molecule has 2 aliphatic rings. The monoisotopic (exact) mass is 437 g/mol. The third-order valence-corrected chi connectivity index (χ3v) is 6.37. The zero-order chi connectivity index (χ0) is 22.3. The lowest BCUT2D eigenvalue weighted by atomic mass is 9.89. The van der Waals surface area contributed by atoms with E-state index in [1.165, 1.54) is 12.7 Å². The zero-order valence-electron chi connectivity index (χ0n) is 18.6. The molecular formula is C23H31N7O2. The molecule has 2 N–H and O–H groups in total. The average molecular weight is 438 g/mol. The van der Waals surface area contributed by atoms with E-state index >= 15 is 0 Å². The molecule has 2 aliphatic heterocycles. The van der Waals surface area contributed by atoms with Crippen LogP contribution in [0.15, 0.2) is 41.9 Å². The molecule has 0 atom stereocenters. The van der Waals surface area contributed by atoms with Gasteiger partial charge in [-0.1, -0.05) is 5.16 Å². The summed E-state index contributed by atoms with van der Waals surface area (Å²) < 4.78 is 0. The highest BCUT2D eigenvalue weighted by Gasteiger charge is 2.33. The van der Waals surface area contributed by atoms with Crippen LogP contribution in [0.2, 0.25) is 0 Å². The van der Waals surface area contributed by atoms with Crippen molar-refractivity contribution in [3.8, 4) is 0 Å². The maximum absolute atomic E-state index is 13.1. The highest BCUT2D eigenvalue weighted by molar-refractivity contribution is 5.98.